The highest BCUT2D eigenvalue weighted by Gasteiger charge is 2.31. The molecule has 0 saturated heterocycles. The van der Waals surface area contributed by atoms with E-state index < -0.39 is 5.97 Å². The third-order valence-electron chi connectivity index (χ3n) is 1.67. The monoisotopic (exact) mass is 182 g/mol. The molecule has 72 valence electrons. The van der Waals surface area contributed by atoms with Crippen molar-refractivity contribution in [1.29, 1.82) is 0 Å². The van der Waals surface area contributed by atoms with Crippen LogP contribution in [0.2, 0.25) is 0 Å². The topological polar surface area (TPSA) is 46.5 Å². The van der Waals surface area contributed by atoms with Crippen LogP contribution in [0, 0.1) is 11.8 Å². The van der Waals surface area contributed by atoms with Crippen molar-refractivity contribution in [1.82, 2.24) is 0 Å². The molecule has 2 rings (SSSR count). The van der Waals surface area contributed by atoms with Crippen LogP contribution >= 0.6 is 0 Å². The van der Waals surface area contributed by atoms with Crippen molar-refractivity contribution in [2.24, 2.45) is 0 Å². The van der Waals surface area contributed by atoms with Crippen molar-refractivity contribution >= 4 is 5.97 Å². The lowest BCUT2D eigenvalue weighted by Crippen LogP contribution is -1.93. The molecule has 0 bridgehead atoms. The number of carbonyl (C=O) groups is 1. The van der Waals surface area contributed by atoms with Gasteiger partial charge in [-0.25, -0.2) is 4.79 Å². The summed E-state index contributed by atoms with van der Waals surface area (Å²) in [6.07, 6.45) is 6.69. The fourth-order valence-electron chi connectivity index (χ4n) is 0.787. The zero-order chi connectivity index (χ0) is 9.68. The number of aliphatic carboxylic acids is 1. The maximum Gasteiger partial charge on any atom is 0.381 e. The fraction of sp³-hybridized carbons (Fsp3) is 0.700. The van der Waals surface area contributed by atoms with Crippen LogP contribution in [0.25, 0.3) is 0 Å². The SMILES string of the molecule is C1CC1OC1CC1.CC#CC(=O)O. The summed E-state index contributed by atoms with van der Waals surface area (Å²) >= 11 is 0. The van der Waals surface area contributed by atoms with Crippen LogP contribution < -0.4 is 0 Å². The highest BCUT2D eigenvalue weighted by atomic mass is 16.5. The Balaban J connectivity index is 0.000000133. The first-order chi connectivity index (χ1) is 6.22. The van der Waals surface area contributed by atoms with Crippen molar-refractivity contribution in [3.05, 3.63) is 0 Å². The Kier molecular flexibility index (Phi) is 3.78. The molecular formula is C10H14O3. The van der Waals surface area contributed by atoms with E-state index in [1.807, 2.05) is 5.92 Å². The second kappa shape index (κ2) is 4.88. The Morgan fingerprint density at radius 2 is 1.77 bits per heavy atom. The second-order valence-corrected chi connectivity index (χ2v) is 3.21. The minimum Gasteiger partial charge on any atom is -0.472 e. The van der Waals surface area contributed by atoms with Gasteiger partial charge < -0.3 is 9.84 Å². The predicted molar refractivity (Wildman–Crippen MR) is 48.2 cm³/mol. The average molecular weight is 182 g/mol. The summed E-state index contributed by atoms with van der Waals surface area (Å²) < 4.78 is 5.47. The number of rotatable bonds is 2. The van der Waals surface area contributed by atoms with Crippen LogP contribution in [0.4, 0.5) is 0 Å². The van der Waals surface area contributed by atoms with E-state index >= 15 is 0 Å². The lowest BCUT2D eigenvalue weighted by molar-refractivity contribution is -0.130. The highest BCUT2D eigenvalue weighted by molar-refractivity contribution is 5.86. The lowest BCUT2D eigenvalue weighted by Gasteiger charge is -1.92. The Bertz CT molecular complexity index is 218. The van der Waals surface area contributed by atoms with Gasteiger partial charge in [-0.2, -0.15) is 0 Å². The van der Waals surface area contributed by atoms with Gasteiger partial charge in [0.25, 0.3) is 0 Å². The van der Waals surface area contributed by atoms with Gasteiger partial charge >= 0.3 is 5.97 Å². The number of hydrogen-bond acceptors (Lipinski definition) is 2. The third-order valence-corrected chi connectivity index (χ3v) is 1.67. The first-order valence-electron chi connectivity index (χ1n) is 4.53. The Hall–Kier alpha value is -1.01. The molecule has 0 unspecified atom stereocenters. The van der Waals surface area contributed by atoms with Crippen molar-refractivity contribution < 1.29 is 14.6 Å². The van der Waals surface area contributed by atoms with E-state index in [-0.39, 0.29) is 0 Å². The van der Waals surface area contributed by atoms with Crippen LogP contribution in [-0.2, 0) is 9.53 Å². The molecule has 0 heterocycles. The van der Waals surface area contributed by atoms with E-state index in [1.165, 1.54) is 32.6 Å². The highest BCUT2D eigenvalue weighted by Crippen LogP contribution is 2.33. The van der Waals surface area contributed by atoms with Gasteiger partial charge in [-0.3, -0.25) is 0 Å². The summed E-state index contributed by atoms with van der Waals surface area (Å²) in [5.41, 5.74) is 0. The molecule has 1 N–H and O–H groups in total. The van der Waals surface area contributed by atoms with E-state index in [0.29, 0.717) is 12.2 Å². The van der Waals surface area contributed by atoms with Gasteiger partial charge in [0.05, 0.1) is 12.2 Å². The third kappa shape index (κ3) is 6.18. The number of ether oxygens (including phenoxy) is 1. The summed E-state index contributed by atoms with van der Waals surface area (Å²) in [4.78, 5) is 9.43. The number of hydrogen-bond donors (Lipinski definition) is 1. The first-order valence-corrected chi connectivity index (χ1v) is 4.53. The molecule has 0 radical (unpaired) electrons. The van der Waals surface area contributed by atoms with Crippen LogP contribution in [-0.4, -0.2) is 23.3 Å². The van der Waals surface area contributed by atoms with Gasteiger partial charge in [0.1, 0.15) is 0 Å². The van der Waals surface area contributed by atoms with Crippen LogP contribution in [0.5, 0.6) is 0 Å². The minimum atomic E-state index is -1.07. The zero-order valence-corrected chi connectivity index (χ0v) is 7.75. The zero-order valence-electron chi connectivity index (χ0n) is 7.75. The second-order valence-electron chi connectivity index (χ2n) is 3.21. The molecule has 3 heteroatoms. The molecule has 0 aromatic rings. The maximum absolute atomic E-state index is 9.43. The molecular weight excluding hydrogens is 168 g/mol. The van der Waals surface area contributed by atoms with Gasteiger partial charge in [0, 0.05) is 5.92 Å². The van der Waals surface area contributed by atoms with Crippen molar-refractivity contribution in [2.75, 3.05) is 0 Å². The summed E-state index contributed by atoms with van der Waals surface area (Å²) in [5, 5.41) is 7.74. The van der Waals surface area contributed by atoms with Crippen LogP contribution in [0.1, 0.15) is 32.6 Å². The standard InChI is InChI=1S/C6H10O.C4H4O2/c1-2-5(1)7-6-3-4-6;1-2-3-4(5)6/h5-6H,1-4H2;1H3,(H,5,6). The fourth-order valence-corrected chi connectivity index (χ4v) is 0.787. The molecule has 0 aromatic heterocycles. The molecule has 0 atom stereocenters. The molecule has 0 aliphatic heterocycles. The smallest absolute Gasteiger partial charge is 0.381 e. The van der Waals surface area contributed by atoms with Gasteiger partial charge in [-0.05, 0) is 32.6 Å². The molecule has 3 nitrogen and oxygen atoms in total. The quantitative estimate of drug-likeness (QED) is 0.657. The largest absolute Gasteiger partial charge is 0.472 e. The van der Waals surface area contributed by atoms with Crippen molar-refractivity contribution in [3.8, 4) is 11.8 Å². The van der Waals surface area contributed by atoms with Crippen LogP contribution in [0.15, 0.2) is 0 Å². The Morgan fingerprint density at radius 3 is 1.92 bits per heavy atom. The maximum atomic E-state index is 9.43. The summed E-state index contributed by atoms with van der Waals surface area (Å²) in [5.74, 6) is 3.02. The number of carboxylic acid groups (broad SMARTS) is 1. The van der Waals surface area contributed by atoms with E-state index in [0.717, 1.165) is 0 Å². The molecule has 13 heavy (non-hydrogen) atoms. The van der Waals surface area contributed by atoms with E-state index in [2.05, 4.69) is 5.92 Å². The lowest BCUT2D eigenvalue weighted by atomic mass is 10.6. The molecule has 0 amide bonds. The summed E-state index contributed by atoms with van der Waals surface area (Å²) in [6.45, 7) is 1.48. The van der Waals surface area contributed by atoms with Gasteiger partial charge in [-0.1, -0.05) is 5.92 Å². The summed E-state index contributed by atoms with van der Waals surface area (Å²) in [6, 6.07) is 0. The Morgan fingerprint density at radius 1 is 1.31 bits per heavy atom. The summed E-state index contributed by atoms with van der Waals surface area (Å²) in [7, 11) is 0. The Labute approximate surface area is 78.1 Å². The van der Waals surface area contributed by atoms with Gasteiger partial charge in [0.2, 0.25) is 0 Å². The minimum absolute atomic E-state index is 0.687. The average Bonchev–Trinajstić information content (AvgIpc) is 2.86. The molecule has 2 aliphatic carbocycles. The normalized spacial score (nSPS) is 19.2. The van der Waals surface area contributed by atoms with E-state index in [9.17, 15) is 4.79 Å². The number of carboxylic acids is 1. The van der Waals surface area contributed by atoms with E-state index in [4.69, 9.17) is 9.84 Å². The van der Waals surface area contributed by atoms with Crippen molar-refractivity contribution in [2.45, 2.75) is 44.8 Å². The van der Waals surface area contributed by atoms with Gasteiger partial charge in [0.15, 0.2) is 0 Å². The first kappa shape index (κ1) is 10.1. The molecule has 0 aromatic carbocycles. The van der Waals surface area contributed by atoms with Crippen LogP contribution in [0.3, 0.4) is 0 Å². The molecule has 2 fully saturated rings. The molecule has 2 aliphatic rings. The predicted octanol–water partition coefficient (Wildman–Crippen LogP) is 1.42. The molecule has 2 saturated carbocycles. The van der Waals surface area contributed by atoms with E-state index in [1.54, 1.807) is 0 Å². The van der Waals surface area contributed by atoms with Crippen molar-refractivity contribution in [3.63, 3.8) is 0 Å². The molecule has 0 spiro atoms. The van der Waals surface area contributed by atoms with Gasteiger partial charge in [-0.15, -0.1) is 0 Å².